The number of ether oxygens (including phenoxy) is 2. The third kappa shape index (κ3) is 9.48. The number of aromatic nitrogens is 4. The van der Waals surface area contributed by atoms with Gasteiger partial charge < -0.3 is 29.2 Å². The molecule has 8 rings (SSSR count). The van der Waals surface area contributed by atoms with Gasteiger partial charge in [-0.25, -0.2) is 9.97 Å². The fourth-order valence-electron chi connectivity index (χ4n) is 6.70. The second-order valence-corrected chi connectivity index (χ2v) is 16.9. The molecule has 12 nitrogen and oxygen atoms in total. The number of methoxy groups -OCH3 is 2. The van der Waals surface area contributed by atoms with Crippen LogP contribution in [0.4, 0.5) is 11.4 Å². The third-order valence-electron chi connectivity index (χ3n) is 9.67. The number of ketones is 2. The first-order valence-electron chi connectivity index (χ1n) is 18.4. The quantitative estimate of drug-likeness (QED) is 0.0910. The Hall–Kier alpha value is -6.03. The minimum absolute atomic E-state index is 0.336. The van der Waals surface area contributed by atoms with Crippen LogP contribution in [0.3, 0.4) is 0 Å². The highest BCUT2D eigenvalue weighted by Crippen LogP contribution is 2.37. The number of pyridine rings is 2. The average molecular weight is 914 g/mol. The summed E-state index contributed by atoms with van der Waals surface area (Å²) in [5, 5.41) is 9.93. The van der Waals surface area contributed by atoms with E-state index < -0.39 is 23.4 Å². The average Bonchev–Trinajstić information content (AvgIpc) is 4.00. The fraction of sp³-hybridized carbons (Fsp3) is 0.136. The molecule has 0 atom stereocenters. The summed E-state index contributed by atoms with van der Waals surface area (Å²) in [7, 11) is 2.96. The van der Waals surface area contributed by atoms with Crippen molar-refractivity contribution in [1.29, 1.82) is 0 Å². The van der Waals surface area contributed by atoms with Gasteiger partial charge in [-0.15, -0.1) is 22.7 Å². The number of hydrogen-bond donors (Lipinski definition) is 2. The maximum Gasteiger partial charge on any atom is 0.296 e. The number of amides is 2. The molecule has 61 heavy (non-hydrogen) atoms. The van der Waals surface area contributed by atoms with Crippen molar-refractivity contribution in [2.24, 2.45) is 0 Å². The maximum absolute atomic E-state index is 13.1. The number of nitrogens with one attached hydrogen (secondary N) is 2. The van der Waals surface area contributed by atoms with Crippen LogP contribution in [0.15, 0.2) is 103 Å². The molecular weight excluding hydrogens is 879 g/mol. The van der Waals surface area contributed by atoms with Gasteiger partial charge in [0.2, 0.25) is 11.8 Å². The van der Waals surface area contributed by atoms with Gasteiger partial charge in [0.1, 0.15) is 9.66 Å². The van der Waals surface area contributed by atoms with Crippen LogP contribution in [-0.4, -0.2) is 56.7 Å². The van der Waals surface area contributed by atoms with Crippen LogP contribution in [0.1, 0.15) is 43.2 Å². The molecule has 2 N–H and O–H groups in total. The molecule has 0 radical (unpaired) electrons. The highest BCUT2D eigenvalue weighted by Gasteiger charge is 2.28. The summed E-state index contributed by atoms with van der Waals surface area (Å²) in [6.45, 7) is 4.79. The number of fused-ring (bicyclic) bond motifs is 2. The Labute approximate surface area is 372 Å². The molecule has 0 bridgehead atoms. The molecular formula is C44H35Cl3N6O6S2. The number of nitrogens with zero attached hydrogens (tertiary/aromatic N) is 4. The van der Waals surface area contributed by atoms with Gasteiger partial charge in [-0.2, -0.15) is 0 Å². The largest absolute Gasteiger partial charge is 0.481 e. The third-order valence-corrected chi connectivity index (χ3v) is 12.4. The summed E-state index contributed by atoms with van der Waals surface area (Å²) in [5.41, 5.74) is 5.13. The number of rotatable bonds is 12. The highest BCUT2D eigenvalue weighted by molar-refractivity contribution is 7.22. The summed E-state index contributed by atoms with van der Waals surface area (Å²) in [4.78, 5) is 61.4. The zero-order valence-electron chi connectivity index (χ0n) is 32.9. The Bertz CT molecular complexity index is 2940. The van der Waals surface area contributed by atoms with Crippen molar-refractivity contribution in [3.8, 4) is 11.8 Å². The predicted octanol–water partition coefficient (Wildman–Crippen LogP) is 10.5. The van der Waals surface area contributed by atoms with Gasteiger partial charge in [0, 0.05) is 81.2 Å². The van der Waals surface area contributed by atoms with Crippen molar-refractivity contribution in [1.82, 2.24) is 19.1 Å². The number of benzene rings is 2. The number of carbonyl (C=O) groups is 4. The molecule has 17 heteroatoms. The second-order valence-electron chi connectivity index (χ2n) is 13.5. The molecule has 0 saturated carbocycles. The van der Waals surface area contributed by atoms with E-state index in [4.69, 9.17) is 44.3 Å². The number of carbonyl (C=O) groups excluding carboxylic acids is 4. The monoisotopic (exact) mass is 912 g/mol. The van der Waals surface area contributed by atoms with Gasteiger partial charge in [0.05, 0.1) is 29.7 Å². The minimum atomic E-state index is -0.746. The maximum atomic E-state index is 13.1. The zero-order valence-corrected chi connectivity index (χ0v) is 36.8. The van der Waals surface area contributed by atoms with Crippen LogP contribution >= 0.6 is 57.5 Å². The molecule has 0 spiro atoms. The van der Waals surface area contributed by atoms with E-state index in [0.29, 0.717) is 72.8 Å². The molecule has 0 saturated heterocycles. The van der Waals surface area contributed by atoms with Gasteiger partial charge in [-0.1, -0.05) is 59.1 Å². The summed E-state index contributed by atoms with van der Waals surface area (Å²) in [5.74, 6) is -1.98. The summed E-state index contributed by atoms with van der Waals surface area (Å²) in [6.07, 6.45) is 2.99. The lowest BCUT2D eigenvalue weighted by molar-refractivity contribution is -0.113. The van der Waals surface area contributed by atoms with Crippen LogP contribution in [0.25, 0.3) is 20.4 Å². The fourth-order valence-corrected chi connectivity index (χ4v) is 9.18. The SMILES string of the molecule is COc1cc(NC(=O)C(=O)c2c(C)n(Cc3ccc(Cl)cc3)c3sc(Cl)cc23)ccn1.COc1cc(NC(=O)C(=O)c2c(C)n(Cc3ccc(Cl)cc3)c3sccc23)ccn1. The summed E-state index contributed by atoms with van der Waals surface area (Å²) >= 11 is 21.1. The lowest BCUT2D eigenvalue weighted by Crippen LogP contribution is -2.23. The summed E-state index contributed by atoms with van der Waals surface area (Å²) in [6, 6.07) is 25.0. The van der Waals surface area contributed by atoms with Crippen LogP contribution < -0.4 is 20.1 Å². The Balaban J connectivity index is 0.000000184. The van der Waals surface area contributed by atoms with Gasteiger partial charge in [-0.3, -0.25) is 19.2 Å². The first-order valence-corrected chi connectivity index (χ1v) is 21.2. The molecule has 0 aliphatic carbocycles. The number of thiophene rings is 2. The van der Waals surface area contributed by atoms with E-state index in [1.54, 1.807) is 30.3 Å². The lowest BCUT2D eigenvalue weighted by Gasteiger charge is -2.09. The van der Waals surface area contributed by atoms with Crippen molar-refractivity contribution < 1.29 is 28.7 Å². The van der Waals surface area contributed by atoms with Gasteiger partial charge in [0.15, 0.2) is 0 Å². The number of anilines is 2. The van der Waals surface area contributed by atoms with Crippen LogP contribution in [-0.2, 0) is 22.7 Å². The van der Waals surface area contributed by atoms with Gasteiger partial charge in [0.25, 0.3) is 23.4 Å². The molecule has 6 aromatic heterocycles. The molecule has 0 fully saturated rings. The molecule has 6 heterocycles. The smallest absolute Gasteiger partial charge is 0.296 e. The van der Waals surface area contributed by atoms with Gasteiger partial charge >= 0.3 is 0 Å². The molecule has 0 unspecified atom stereocenters. The number of Topliss-reactive ketones (excluding diaryl/α,β-unsaturated/α-hetero) is 2. The summed E-state index contributed by atoms with van der Waals surface area (Å²) < 4.78 is 14.7. The minimum Gasteiger partial charge on any atom is -0.481 e. The van der Waals surface area contributed by atoms with E-state index in [2.05, 4.69) is 25.2 Å². The van der Waals surface area contributed by atoms with Crippen molar-refractivity contribution in [3.63, 3.8) is 0 Å². The molecule has 0 aliphatic heterocycles. The zero-order chi connectivity index (χ0) is 43.4. The van der Waals surface area contributed by atoms with E-state index in [-0.39, 0.29) is 0 Å². The Morgan fingerprint density at radius 2 is 1.08 bits per heavy atom. The van der Waals surface area contributed by atoms with E-state index in [0.717, 1.165) is 31.9 Å². The van der Waals surface area contributed by atoms with Crippen molar-refractivity contribution in [3.05, 3.63) is 151 Å². The normalized spacial score (nSPS) is 10.9. The van der Waals surface area contributed by atoms with E-state index in [1.807, 2.05) is 78.4 Å². The molecule has 8 aromatic rings. The second kappa shape index (κ2) is 18.7. The Morgan fingerprint density at radius 3 is 1.56 bits per heavy atom. The standard InChI is InChI=1S/C22H17Cl2N3O3S.C22H18ClN3O3S/c1-12-19(20(28)21(29)26-15-7-8-25-18(9-15)30-2)16-10-17(24)31-22(16)27(12)11-13-3-5-14(23)6-4-13;1-13-19(20(27)21(28)25-16-7-9-24-18(11-16)29-2)17-8-10-30-22(17)26(13)12-14-3-5-15(23)6-4-14/h3-10H,11H2,1-2H3,(H,25,26,29);3-11H,12H2,1-2H3,(H,24,25,28). The number of hydrogen-bond acceptors (Lipinski definition) is 10. The lowest BCUT2D eigenvalue weighted by atomic mass is 10.1. The molecule has 310 valence electrons. The topological polar surface area (TPSA) is 146 Å². The van der Waals surface area contributed by atoms with E-state index >= 15 is 0 Å². The van der Waals surface area contributed by atoms with E-state index in [1.165, 1.54) is 49.3 Å². The van der Waals surface area contributed by atoms with Crippen LogP contribution in [0.2, 0.25) is 14.4 Å². The Morgan fingerprint density at radius 1 is 0.623 bits per heavy atom. The first kappa shape index (κ1) is 43.1. The first-order chi connectivity index (χ1) is 29.3. The highest BCUT2D eigenvalue weighted by atomic mass is 35.5. The molecule has 2 aromatic carbocycles. The Kier molecular flexibility index (Phi) is 13.2. The predicted molar refractivity (Wildman–Crippen MR) is 243 cm³/mol. The van der Waals surface area contributed by atoms with Gasteiger partial charge in [-0.05, 0) is 78.9 Å². The van der Waals surface area contributed by atoms with Crippen molar-refractivity contribution in [2.45, 2.75) is 26.9 Å². The van der Waals surface area contributed by atoms with Crippen molar-refractivity contribution in [2.75, 3.05) is 24.9 Å². The van der Waals surface area contributed by atoms with E-state index in [9.17, 15) is 19.2 Å². The molecule has 0 aliphatic rings. The number of halogens is 3. The van der Waals surface area contributed by atoms with Crippen LogP contribution in [0, 0.1) is 13.8 Å². The van der Waals surface area contributed by atoms with Crippen LogP contribution in [0.5, 0.6) is 11.8 Å². The molecule has 2 amide bonds. The van der Waals surface area contributed by atoms with Crippen molar-refractivity contribution >= 4 is 113 Å².